The van der Waals surface area contributed by atoms with Crippen LogP contribution in [0.5, 0.6) is 0 Å². The number of fused-ring (bicyclic) bond motifs is 3. The normalized spacial score (nSPS) is 13.5. The first-order valence-corrected chi connectivity index (χ1v) is 5.45. The molecular formula is C11H9BrN2. The maximum Gasteiger partial charge on any atom is 0.0929 e. The minimum atomic E-state index is 1.07. The third kappa shape index (κ3) is 1.12. The molecule has 0 bridgehead atoms. The van der Waals surface area contributed by atoms with Gasteiger partial charge in [-0.1, -0.05) is 22.0 Å². The number of hydrogen-bond donors (Lipinski definition) is 1. The molecule has 0 amide bonds. The number of aryl methyl sites for hydroxylation is 2. The molecule has 0 unspecified atom stereocenters. The number of imidazole rings is 1. The van der Waals surface area contributed by atoms with Gasteiger partial charge in [-0.25, -0.2) is 4.98 Å². The SMILES string of the molecule is Brc1ccc2c(c1)CCc1[nH]cnc1-2. The van der Waals surface area contributed by atoms with Crippen LogP contribution in [-0.2, 0) is 12.8 Å². The van der Waals surface area contributed by atoms with Gasteiger partial charge in [-0.05, 0) is 30.5 Å². The lowest BCUT2D eigenvalue weighted by Gasteiger charge is -2.15. The van der Waals surface area contributed by atoms with Gasteiger partial charge in [0.05, 0.1) is 12.0 Å². The maximum absolute atomic E-state index is 4.36. The number of benzene rings is 1. The predicted octanol–water partition coefficient (Wildman–Crippen LogP) is 2.94. The lowest BCUT2D eigenvalue weighted by atomic mass is 9.92. The molecule has 0 fully saturated rings. The maximum atomic E-state index is 4.36. The van der Waals surface area contributed by atoms with E-state index in [-0.39, 0.29) is 0 Å². The van der Waals surface area contributed by atoms with Crippen LogP contribution < -0.4 is 0 Å². The summed E-state index contributed by atoms with van der Waals surface area (Å²) in [5.41, 5.74) is 5.05. The number of rotatable bonds is 0. The van der Waals surface area contributed by atoms with Crippen molar-refractivity contribution in [2.45, 2.75) is 12.8 Å². The van der Waals surface area contributed by atoms with Gasteiger partial charge in [0.1, 0.15) is 0 Å². The summed E-state index contributed by atoms with van der Waals surface area (Å²) < 4.78 is 1.15. The van der Waals surface area contributed by atoms with Crippen molar-refractivity contribution >= 4 is 15.9 Å². The Bertz CT molecular complexity index is 488. The molecule has 14 heavy (non-hydrogen) atoms. The largest absolute Gasteiger partial charge is 0.348 e. The van der Waals surface area contributed by atoms with Crippen LogP contribution >= 0.6 is 15.9 Å². The van der Waals surface area contributed by atoms with E-state index in [9.17, 15) is 0 Å². The van der Waals surface area contributed by atoms with Crippen molar-refractivity contribution in [1.82, 2.24) is 9.97 Å². The van der Waals surface area contributed by atoms with Gasteiger partial charge in [0.2, 0.25) is 0 Å². The molecule has 2 nitrogen and oxygen atoms in total. The highest BCUT2D eigenvalue weighted by Gasteiger charge is 2.17. The summed E-state index contributed by atoms with van der Waals surface area (Å²) in [4.78, 5) is 7.55. The van der Waals surface area contributed by atoms with E-state index in [0.717, 1.165) is 23.0 Å². The fourth-order valence-corrected chi connectivity index (χ4v) is 2.41. The van der Waals surface area contributed by atoms with Gasteiger partial charge >= 0.3 is 0 Å². The van der Waals surface area contributed by atoms with Gasteiger partial charge in [-0.2, -0.15) is 0 Å². The van der Waals surface area contributed by atoms with Crippen LogP contribution in [-0.4, -0.2) is 9.97 Å². The zero-order chi connectivity index (χ0) is 9.54. The molecule has 1 aromatic heterocycles. The highest BCUT2D eigenvalue weighted by Crippen LogP contribution is 2.32. The molecule has 0 spiro atoms. The average Bonchev–Trinajstić information content (AvgIpc) is 2.65. The van der Waals surface area contributed by atoms with Crippen LogP contribution in [0.3, 0.4) is 0 Å². The number of hydrogen-bond acceptors (Lipinski definition) is 1. The Morgan fingerprint density at radius 1 is 1.29 bits per heavy atom. The lowest BCUT2D eigenvalue weighted by Crippen LogP contribution is -2.03. The third-order valence-electron chi connectivity index (χ3n) is 2.69. The molecule has 1 aliphatic carbocycles. The molecule has 1 aromatic carbocycles. The van der Waals surface area contributed by atoms with E-state index in [4.69, 9.17) is 0 Å². The van der Waals surface area contributed by atoms with Crippen molar-refractivity contribution in [1.29, 1.82) is 0 Å². The average molecular weight is 249 g/mol. The second-order valence-corrected chi connectivity index (χ2v) is 4.45. The molecule has 2 aromatic rings. The fraction of sp³-hybridized carbons (Fsp3) is 0.182. The Labute approximate surface area is 90.5 Å². The molecule has 70 valence electrons. The summed E-state index contributed by atoms with van der Waals surface area (Å²) in [5, 5.41) is 0. The van der Waals surface area contributed by atoms with E-state index in [2.05, 4.69) is 44.1 Å². The first-order valence-electron chi connectivity index (χ1n) is 4.65. The van der Waals surface area contributed by atoms with Gasteiger partial charge < -0.3 is 4.98 Å². The highest BCUT2D eigenvalue weighted by atomic mass is 79.9. The molecule has 0 aliphatic heterocycles. The van der Waals surface area contributed by atoms with Crippen LogP contribution in [0.1, 0.15) is 11.3 Å². The Kier molecular flexibility index (Phi) is 1.74. The van der Waals surface area contributed by atoms with Crippen molar-refractivity contribution in [2.24, 2.45) is 0 Å². The minimum Gasteiger partial charge on any atom is -0.348 e. The van der Waals surface area contributed by atoms with E-state index in [0.29, 0.717) is 0 Å². The number of halogens is 1. The second-order valence-electron chi connectivity index (χ2n) is 3.53. The first kappa shape index (κ1) is 8.24. The van der Waals surface area contributed by atoms with E-state index >= 15 is 0 Å². The van der Waals surface area contributed by atoms with Crippen LogP contribution in [0.15, 0.2) is 29.0 Å². The molecule has 1 aliphatic rings. The van der Waals surface area contributed by atoms with Gasteiger partial charge in [0.15, 0.2) is 0 Å². The molecule has 0 saturated carbocycles. The molecule has 0 saturated heterocycles. The monoisotopic (exact) mass is 248 g/mol. The second kappa shape index (κ2) is 2.95. The summed E-state index contributed by atoms with van der Waals surface area (Å²) in [5.74, 6) is 0. The lowest BCUT2D eigenvalue weighted by molar-refractivity contribution is 0.907. The molecule has 1 heterocycles. The number of aromatic nitrogens is 2. The van der Waals surface area contributed by atoms with Crippen LogP contribution in [0, 0.1) is 0 Å². The van der Waals surface area contributed by atoms with Crippen LogP contribution in [0.4, 0.5) is 0 Å². The number of H-pyrrole nitrogens is 1. The molecule has 3 rings (SSSR count). The summed E-state index contributed by atoms with van der Waals surface area (Å²) in [6.07, 6.45) is 3.95. The summed E-state index contributed by atoms with van der Waals surface area (Å²) >= 11 is 3.49. The third-order valence-corrected chi connectivity index (χ3v) is 3.18. The standard InChI is InChI=1S/C11H9BrN2/c12-8-2-3-9-7(5-8)1-4-10-11(9)14-6-13-10/h2-3,5-6H,1,4H2,(H,13,14). The van der Waals surface area contributed by atoms with Gasteiger partial charge in [0, 0.05) is 15.7 Å². The molecule has 0 atom stereocenters. The predicted molar refractivity (Wildman–Crippen MR) is 59.1 cm³/mol. The summed E-state index contributed by atoms with van der Waals surface area (Å²) in [6.45, 7) is 0. The molecule has 0 radical (unpaired) electrons. The zero-order valence-electron chi connectivity index (χ0n) is 7.55. The van der Waals surface area contributed by atoms with E-state index in [1.54, 1.807) is 6.33 Å². The van der Waals surface area contributed by atoms with Gasteiger partial charge in [-0.3, -0.25) is 0 Å². The molecular weight excluding hydrogens is 240 g/mol. The number of nitrogens with one attached hydrogen (secondary N) is 1. The minimum absolute atomic E-state index is 1.07. The van der Waals surface area contributed by atoms with Gasteiger partial charge in [-0.15, -0.1) is 0 Å². The van der Waals surface area contributed by atoms with E-state index < -0.39 is 0 Å². The quantitative estimate of drug-likeness (QED) is 0.764. The van der Waals surface area contributed by atoms with Gasteiger partial charge in [0.25, 0.3) is 0 Å². The van der Waals surface area contributed by atoms with Crippen molar-refractivity contribution in [3.8, 4) is 11.3 Å². The number of nitrogens with zero attached hydrogens (tertiary/aromatic N) is 1. The van der Waals surface area contributed by atoms with Crippen molar-refractivity contribution in [2.75, 3.05) is 0 Å². The summed E-state index contributed by atoms with van der Waals surface area (Å²) in [7, 11) is 0. The van der Waals surface area contributed by atoms with E-state index in [1.165, 1.54) is 16.8 Å². The van der Waals surface area contributed by atoms with Crippen LogP contribution in [0.2, 0.25) is 0 Å². The fourth-order valence-electron chi connectivity index (χ4n) is 2.00. The number of aromatic amines is 1. The first-order chi connectivity index (χ1) is 6.84. The van der Waals surface area contributed by atoms with Crippen molar-refractivity contribution in [3.05, 3.63) is 40.3 Å². The Hall–Kier alpha value is -1.09. The van der Waals surface area contributed by atoms with Crippen LogP contribution in [0.25, 0.3) is 11.3 Å². The Morgan fingerprint density at radius 3 is 3.14 bits per heavy atom. The smallest absolute Gasteiger partial charge is 0.0929 e. The topological polar surface area (TPSA) is 28.7 Å². The van der Waals surface area contributed by atoms with E-state index in [1.807, 2.05) is 0 Å². The zero-order valence-corrected chi connectivity index (χ0v) is 9.13. The molecule has 1 N–H and O–H groups in total. The Morgan fingerprint density at radius 2 is 2.21 bits per heavy atom. The highest BCUT2D eigenvalue weighted by molar-refractivity contribution is 9.10. The summed E-state index contributed by atoms with van der Waals surface area (Å²) in [6, 6.07) is 6.40. The van der Waals surface area contributed by atoms with Crippen molar-refractivity contribution < 1.29 is 0 Å². The van der Waals surface area contributed by atoms with Crippen molar-refractivity contribution in [3.63, 3.8) is 0 Å². The molecule has 3 heteroatoms. The Balaban J connectivity index is 2.26.